The molecular formula is C22H19N3O4S. The second-order valence-electron chi connectivity index (χ2n) is 6.80. The monoisotopic (exact) mass is 421 g/mol. The molecule has 152 valence electrons. The summed E-state index contributed by atoms with van der Waals surface area (Å²) in [6, 6.07) is 20.7. The van der Waals surface area contributed by atoms with Gasteiger partial charge in [-0.05, 0) is 42.8 Å². The van der Waals surface area contributed by atoms with Crippen molar-refractivity contribution in [1.82, 2.24) is 0 Å². The van der Waals surface area contributed by atoms with E-state index in [0.717, 1.165) is 9.87 Å². The molecule has 4 rings (SSSR count). The van der Waals surface area contributed by atoms with E-state index >= 15 is 0 Å². The van der Waals surface area contributed by atoms with Crippen molar-refractivity contribution in [2.45, 2.75) is 11.8 Å². The molecule has 0 fully saturated rings. The molecule has 0 radical (unpaired) electrons. The lowest BCUT2D eigenvalue weighted by Gasteiger charge is -2.35. The molecule has 3 amide bonds. The highest BCUT2D eigenvalue weighted by Crippen LogP contribution is 2.36. The summed E-state index contributed by atoms with van der Waals surface area (Å²) >= 11 is 0. The zero-order valence-electron chi connectivity index (χ0n) is 16.1. The van der Waals surface area contributed by atoms with Crippen LogP contribution in [0.5, 0.6) is 0 Å². The van der Waals surface area contributed by atoms with Gasteiger partial charge in [0.15, 0.2) is 0 Å². The highest BCUT2D eigenvalue weighted by Gasteiger charge is 2.42. The first-order chi connectivity index (χ1) is 14.4. The van der Waals surface area contributed by atoms with Crippen LogP contribution in [0.4, 0.5) is 21.9 Å². The molecule has 3 aromatic rings. The van der Waals surface area contributed by atoms with E-state index in [1.54, 1.807) is 42.5 Å². The van der Waals surface area contributed by atoms with E-state index < -0.39 is 22.0 Å². The number of benzene rings is 3. The minimum atomic E-state index is -4.11. The molecule has 30 heavy (non-hydrogen) atoms. The number of hydrogen-bond acceptors (Lipinski definition) is 4. The molecule has 0 aliphatic carbocycles. The van der Waals surface area contributed by atoms with Crippen LogP contribution in [0.3, 0.4) is 0 Å². The normalized spacial score (nSPS) is 14.9. The van der Waals surface area contributed by atoms with Gasteiger partial charge in [-0.2, -0.15) is 4.31 Å². The number of hydrogen-bond donors (Lipinski definition) is 1. The van der Waals surface area contributed by atoms with Gasteiger partial charge in [0, 0.05) is 5.69 Å². The van der Waals surface area contributed by atoms with Crippen LogP contribution in [0, 0.1) is 6.92 Å². The van der Waals surface area contributed by atoms with Crippen molar-refractivity contribution in [2.75, 3.05) is 21.1 Å². The first-order valence-electron chi connectivity index (χ1n) is 9.26. The molecule has 1 aliphatic rings. The molecule has 0 aromatic heterocycles. The van der Waals surface area contributed by atoms with Crippen molar-refractivity contribution in [3.05, 3.63) is 84.4 Å². The molecule has 3 aromatic carbocycles. The number of carbonyl (C=O) groups excluding carboxylic acids is 2. The Bertz CT molecular complexity index is 1230. The molecule has 1 aliphatic heterocycles. The molecule has 0 atom stereocenters. The van der Waals surface area contributed by atoms with Crippen molar-refractivity contribution in [1.29, 1.82) is 0 Å². The second-order valence-corrected chi connectivity index (χ2v) is 8.56. The van der Waals surface area contributed by atoms with Crippen LogP contribution < -0.4 is 14.5 Å². The number of aryl methyl sites for hydroxylation is 1. The van der Waals surface area contributed by atoms with Crippen molar-refractivity contribution in [3.8, 4) is 0 Å². The second kappa shape index (κ2) is 7.64. The Kier molecular flexibility index (Phi) is 5.01. The van der Waals surface area contributed by atoms with Gasteiger partial charge in [0.2, 0.25) is 5.91 Å². The van der Waals surface area contributed by atoms with Crippen LogP contribution in [-0.2, 0) is 14.8 Å². The largest absolute Gasteiger partial charge is 0.343 e. The molecule has 1 N–H and O–H groups in total. The predicted molar refractivity (Wildman–Crippen MR) is 115 cm³/mol. The van der Waals surface area contributed by atoms with Gasteiger partial charge in [-0.1, -0.05) is 48.5 Å². The Hall–Kier alpha value is -3.65. The zero-order valence-corrected chi connectivity index (χ0v) is 17.0. The molecule has 1 heterocycles. The summed E-state index contributed by atoms with van der Waals surface area (Å²) in [6.45, 7) is 1.53. The maximum atomic E-state index is 13.3. The summed E-state index contributed by atoms with van der Waals surface area (Å²) in [5.74, 6) is -0.431. The minimum absolute atomic E-state index is 0.0304. The van der Waals surface area contributed by atoms with E-state index in [0.29, 0.717) is 5.69 Å². The molecule has 0 saturated carbocycles. The third kappa shape index (κ3) is 3.42. The molecule has 0 saturated heterocycles. The summed E-state index contributed by atoms with van der Waals surface area (Å²) in [6.07, 6.45) is 0. The quantitative estimate of drug-likeness (QED) is 0.695. The Labute approximate surface area is 174 Å². The number of nitrogens with one attached hydrogen (secondary N) is 1. The molecular weight excluding hydrogens is 402 g/mol. The van der Waals surface area contributed by atoms with Crippen molar-refractivity contribution >= 4 is 39.0 Å². The SMILES string of the molecule is Cc1ccccc1NC(=O)CN1C(=O)N(c2ccccc2)S(=O)(=O)c2ccccc21. The fourth-order valence-electron chi connectivity index (χ4n) is 3.32. The Morgan fingerprint density at radius 3 is 2.27 bits per heavy atom. The van der Waals surface area contributed by atoms with Crippen molar-refractivity contribution < 1.29 is 18.0 Å². The highest BCUT2D eigenvalue weighted by molar-refractivity contribution is 7.94. The third-order valence-electron chi connectivity index (χ3n) is 4.79. The number of carbonyl (C=O) groups is 2. The smallest absolute Gasteiger partial charge is 0.324 e. The lowest BCUT2D eigenvalue weighted by molar-refractivity contribution is -0.114. The lowest BCUT2D eigenvalue weighted by atomic mass is 10.2. The first kappa shape index (κ1) is 19.7. The fourth-order valence-corrected chi connectivity index (χ4v) is 4.92. The number of nitrogens with zero attached hydrogens (tertiary/aromatic N) is 2. The molecule has 0 bridgehead atoms. The molecule has 0 unspecified atom stereocenters. The summed E-state index contributed by atoms with van der Waals surface area (Å²) in [4.78, 5) is 27.1. The van der Waals surface area contributed by atoms with E-state index in [4.69, 9.17) is 0 Å². The number of sulfonamides is 1. The number of anilines is 3. The van der Waals surface area contributed by atoms with Crippen LogP contribution in [0.15, 0.2) is 83.8 Å². The highest BCUT2D eigenvalue weighted by atomic mass is 32.2. The Morgan fingerprint density at radius 1 is 0.900 bits per heavy atom. The molecule has 7 nitrogen and oxygen atoms in total. The van der Waals surface area contributed by atoms with Gasteiger partial charge in [0.25, 0.3) is 10.0 Å². The van der Waals surface area contributed by atoms with Gasteiger partial charge in [0.05, 0.1) is 11.4 Å². The average Bonchev–Trinajstić information content (AvgIpc) is 2.73. The maximum absolute atomic E-state index is 13.3. The van der Waals surface area contributed by atoms with Crippen LogP contribution in [-0.4, -0.2) is 26.9 Å². The zero-order chi connectivity index (χ0) is 21.3. The summed E-state index contributed by atoms with van der Waals surface area (Å²) in [7, 11) is -4.11. The average molecular weight is 421 g/mol. The van der Waals surface area contributed by atoms with Crippen LogP contribution in [0.2, 0.25) is 0 Å². The fraction of sp³-hybridized carbons (Fsp3) is 0.0909. The van der Waals surface area contributed by atoms with Crippen molar-refractivity contribution in [2.24, 2.45) is 0 Å². The van der Waals surface area contributed by atoms with Crippen LogP contribution in [0.1, 0.15) is 5.56 Å². The summed E-state index contributed by atoms with van der Waals surface area (Å²) < 4.78 is 27.1. The minimum Gasteiger partial charge on any atom is -0.324 e. The van der Waals surface area contributed by atoms with Gasteiger partial charge in [-0.25, -0.2) is 13.2 Å². The van der Waals surface area contributed by atoms with Gasteiger partial charge in [-0.3, -0.25) is 9.69 Å². The van der Waals surface area contributed by atoms with Gasteiger partial charge in [-0.15, -0.1) is 0 Å². The first-order valence-corrected chi connectivity index (χ1v) is 10.7. The van der Waals surface area contributed by atoms with E-state index in [-0.39, 0.29) is 22.8 Å². The van der Waals surface area contributed by atoms with E-state index in [1.807, 2.05) is 19.1 Å². The van der Waals surface area contributed by atoms with E-state index in [9.17, 15) is 18.0 Å². The Morgan fingerprint density at radius 2 is 1.53 bits per heavy atom. The van der Waals surface area contributed by atoms with Gasteiger partial charge >= 0.3 is 6.03 Å². The van der Waals surface area contributed by atoms with Crippen LogP contribution in [0.25, 0.3) is 0 Å². The summed E-state index contributed by atoms with van der Waals surface area (Å²) in [5, 5.41) is 2.78. The van der Waals surface area contributed by atoms with E-state index in [2.05, 4.69) is 5.32 Å². The number of rotatable bonds is 4. The third-order valence-corrected chi connectivity index (χ3v) is 6.54. The topological polar surface area (TPSA) is 86.8 Å². The number of fused-ring (bicyclic) bond motifs is 1. The predicted octanol–water partition coefficient (Wildman–Crippen LogP) is 3.77. The number of para-hydroxylation sites is 3. The van der Waals surface area contributed by atoms with Gasteiger partial charge in [0.1, 0.15) is 11.4 Å². The lowest BCUT2D eigenvalue weighted by Crippen LogP contribution is -2.53. The van der Waals surface area contributed by atoms with E-state index in [1.165, 1.54) is 29.2 Å². The standard InChI is InChI=1S/C22H19N3O4S/c1-16-9-5-6-12-18(16)23-21(26)15-24-19-13-7-8-14-20(19)30(28,29)25(22(24)27)17-10-3-2-4-11-17/h2-14H,15H2,1H3,(H,23,26). The van der Waals surface area contributed by atoms with Crippen molar-refractivity contribution in [3.63, 3.8) is 0 Å². The summed E-state index contributed by atoms with van der Waals surface area (Å²) in [5.41, 5.74) is 1.90. The number of amides is 3. The maximum Gasteiger partial charge on any atom is 0.343 e. The van der Waals surface area contributed by atoms with Gasteiger partial charge < -0.3 is 5.32 Å². The number of urea groups is 1. The molecule has 8 heteroatoms. The van der Waals surface area contributed by atoms with Crippen LogP contribution >= 0.6 is 0 Å². The Balaban J connectivity index is 1.73. The molecule has 0 spiro atoms.